The Labute approximate surface area is 166 Å². The van der Waals surface area contributed by atoms with E-state index in [1.165, 1.54) is 0 Å². The van der Waals surface area contributed by atoms with Gasteiger partial charge in [0.05, 0.1) is 6.61 Å². The van der Waals surface area contributed by atoms with Gasteiger partial charge in [-0.15, -0.1) is 0 Å². The van der Waals surface area contributed by atoms with Crippen LogP contribution in [0.4, 0.5) is 0 Å². The van der Waals surface area contributed by atoms with Crippen molar-refractivity contribution in [3.05, 3.63) is 82.4 Å². The summed E-state index contributed by atoms with van der Waals surface area (Å²) in [6, 6.07) is 12.6. The van der Waals surface area contributed by atoms with Crippen molar-refractivity contribution in [1.82, 2.24) is 9.97 Å². The Balaban J connectivity index is 2.05. The average Bonchev–Trinajstić information content (AvgIpc) is 2.99. The number of nitrogens with zero attached hydrogens (tertiary/aromatic N) is 3. The Morgan fingerprint density at radius 3 is 2.43 bits per heavy atom. The van der Waals surface area contributed by atoms with Crippen LogP contribution in [0.1, 0.15) is 40.6 Å². The lowest BCUT2D eigenvalue weighted by atomic mass is 9.78. The van der Waals surface area contributed by atoms with Crippen molar-refractivity contribution in [2.75, 3.05) is 6.61 Å². The van der Waals surface area contributed by atoms with Gasteiger partial charge in [-0.3, -0.25) is 4.98 Å². The van der Waals surface area contributed by atoms with E-state index in [1.807, 2.05) is 13.0 Å². The van der Waals surface area contributed by atoms with E-state index >= 15 is 0 Å². The molecule has 1 aliphatic heterocycles. The first-order chi connectivity index (χ1) is 13.5. The highest BCUT2D eigenvalue weighted by Crippen LogP contribution is 2.45. The van der Waals surface area contributed by atoms with E-state index in [-0.39, 0.29) is 0 Å². The summed E-state index contributed by atoms with van der Waals surface area (Å²) in [4.78, 5) is 14.1. The minimum Gasteiger partial charge on any atom is -0.493 e. The minimum atomic E-state index is -0.819. The molecule has 140 valence electrons. The molecule has 2 aromatic carbocycles. The molecule has 5 nitrogen and oxygen atoms in total. The number of aliphatic imine (C=N–C) groups is 1. The fourth-order valence-corrected chi connectivity index (χ4v) is 4.05. The number of nitrogens with two attached hydrogens (primary N) is 1. The number of amidine groups is 1. The van der Waals surface area contributed by atoms with Crippen LogP contribution < -0.4 is 15.9 Å². The standard InChI is InChI=1S/C22H23BN4O/c1-4-28-19-13(2)10-16(11-14(19)3)22(15-6-5-7-17(23)12-15)20-18(21(24)27-22)25-8-9-26-20/h5-12H,4,23H2,1-3H3,(H2,24,27). The van der Waals surface area contributed by atoms with Gasteiger partial charge >= 0.3 is 0 Å². The van der Waals surface area contributed by atoms with Crippen molar-refractivity contribution in [1.29, 1.82) is 0 Å². The molecule has 0 bridgehead atoms. The van der Waals surface area contributed by atoms with E-state index in [9.17, 15) is 0 Å². The van der Waals surface area contributed by atoms with Crippen molar-refractivity contribution in [2.24, 2.45) is 10.7 Å². The number of benzene rings is 2. The zero-order valence-corrected chi connectivity index (χ0v) is 16.7. The van der Waals surface area contributed by atoms with Crippen LogP contribution in [0.15, 0.2) is 53.8 Å². The first-order valence-electron chi connectivity index (χ1n) is 9.46. The van der Waals surface area contributed by atoms with Gasteiger partial charge in [-0.1, -0.05) is 29.7 Å². The van der Waals surface area contributed by atoms with Crippen LogP contribution in [0.2, 0.25) is 0 Å². The van der Waals surface area contributed by atoms with E-state index in [0.29, 0.717) is 18.1 Å². The summed E-state index contributed by atoms with van der Waals surface area (Å²) in [6.45, 7) is 6.74. The van der Waals surface area contributed by atoms with E-state index < -0.39 is 5.54 Å². The number of ether oxygens (including phenoxy) is 1. The Kier molecular flexibility index (Phi) is 4.42. The zero-order chi connectivity index (χ0) is 19.9. The zero-order valence-electron chi connectivity index (χ0n) is 16.7. The lowest BCUT2D eigenvalue weighted by Gasteiger charge is -2.29. The lowest BCUT2D eigenvalue weighted by Crippen LogP contribution is -2.28. The van der Waals surface area contributed by atoms with Crippen LogP contribution >= 0.6 is 0 Å². The predicted molar refractivity (Wildman–Crippen MR) is 114 cm³/mol. The summed E-state index contributed by atoms with van der Waals surface area (Å²) in [5.41, 5.74) is 12.2. The molecule has 0 spiro atoms. The molecule has 6 heteroatoms. The second-order valence-electron chi connectivity index (χ2n) is 7.20. The maximum Gasteiger partial charge on any atom is 0.157 e. The van der Waals surface area contributed by atoms with Gasteiger partial charge in [0.15, 0.2) is 5.54 Å². The number of aromatic nitrogens is 2. The molecule has 1 aromatic heterocycles. The fourth-order valence-electron chi connectivity index (χ4n) is 4.05. The van der Waals surface area contributed by atoms with Gasteiger partial charge in [-0.25, -0.2) is 9.98 Å². The monoisotopic (exact) mass is 370 g/mol. The molecule has 0 radical (unpaired) electrons. The van der Waals surface area contributed by atoms with Crippen molar-refractivity contribution >= 4 is 19.1 Å². The third kappa shape index (κ3) is 2.68. The quantitative estimate of drug-likeness (QED) is 0.711. The van der Waals surface area contributed by atoms with Crippen molar-refractivity contribution in [2.45, 2.75) is 26.3 Å². The van der Waals surface area contributed by atoms with E-state index in [0.717, 1.165) is 39.2 Å². The van der Waals surface area contributed by atoms with Gasteiger partial charge in [0, 0.05) is 12.4 Å². The number of hydrogen-bond acceptors (Lipinski definition) is 5. The molecule has 0 fully saturated rings. The molecule has 0 amide bonds. The van der Waals surface area contributed by atoms with Crippen LogP contribution in [0, 0.1) is 13.8 Å². The van der Waals surface area contributed by atoms with Gasteiger partial charge in [0.25, 0.3) is 0 Å². The number of fused-ring (bicyclic) bond motifs is 1. The Bertz CT molecular complexity index is 1070. The summed E-state index contributed by atoms with van der Waals surface area (Å²) in [6.07, 6.45) is 3.36. The van der Waals surface area contributed by atoms with Gasteiger partial charge in [0.2, 0.25) is 0 Å². The van der Waals surface area contributed by atoms with Crippen molar-refractivity contribution < 1.29 is 4.74 Å². The molecule has 2 heterocycles. The van der Waals surface area contributed by atoms with Crippen LogP contribution in [0.3, 0.4) is 0 Å². The smallest absolute Gasteiger partial charge is 0.157 e. The van der Waals surface area contributed by atoms with Gasteiger partial charge in [-0.05, 0) is 55.2 Å². The molecule has 2 N–H and O–H groups in total. The number of aryl methyl sites for hydroxylation is 2. The molecular weight excluding hydrogens is 347 g/mol. The van der Waals surface area contributed by atoms with E-state index in [1.54, 1.807) is 12.4 Å². The maximum absolute atomic E-state index is 6.31. The second-order valence-corrected chi connectivity index (χ2v) is 7.20. The molecule has 4 rings (SSSR count). The van der Waals surface area contributed by atoms with Crippen LogP contribution in [-0.2, 0) is 5.54 Å². The molecule has 3 aromatic rings. The number of hydrogen-bond donors (Lipinski definition) is 1. The maximum atomic E-state index is 6.31. The molecule has 28 heavy (non-hydrogen) atoms. The topological polar surface area (TPSA) is 73.4 Å². The van der Waals surface area contributed by atoms with Crippen LogP contribution in [-0.4, -0.2) is 30.3 Å². The summed E-state index contributed by atoms with van der Waals surface area (Å²) in [7, 11) is 2.07. The Morgan fingerprint density at radius 2 is 1.75 bits per heavy atom. The Morgan fingerprint density at radius 1 is 1.04 bits per heavy atom. The largest absolute Gasteiger partial charge is 0.493 e. The SMILES string of the molecule is Bc1cccc(C2(c3cc(C)c(OCC)c(C)c3)N=C(N)c3nccnc32)c1. The molecule has 1 atom stereocenters. The van der Waals surface area contributed by atoms with Crippen LogP contribution in [0.25, 0.3) is 0 Å². The van der Waals surface area contributed by atoms with Gasteiger partial charge in [0.1, 0.15) is 30.8 Å². The van der Waals surface area contributed by atoms with Crippen molar-refractivity contribution in [3.63, 3.8) is 0 Å². The number of rotatable bonds is 4. The molecule has 0 aliphatic carbocycles. The van der Waals surface area contributed by atoms with Gasteiger partial charge in [-0.2, -0.15) is 0 Å². The third-order valence-corrected chi connectivity index (χ3v) is 5.17. The normalized spacial score (nSPS) is 17.9. The first kappa shape index (κ1) is 18.2. The predicted octanol–water partition coefficient (Wildman–Crippen LogP) is 1.76. The first-order valence-corrected chi connectivity index (χ1v) is 9.46. The highest BCUT2D eigenvalue weighted by atomic mass is 16.5. The minimum absolute atomic E-state index is 0.411. The fraction of sp³-hybridized carbons (Fsp3) is 0.227. The highest BCUT2D eigenvalue weighted by Gasteiger charge is 2.45. The van der Waals surface area contributed by atoms with Crippen LogP contribution in [0.5, 0.6) is 5.75 Å². The Hall–Kier alpha value is -3.15. The summed E-state index contributed by atoms with van der Waals surface area (Å²) in [5, 5.41) is 0. The van der Waals surface area contributed by atoms with Crippen molar-refractivity contribution in [3.8, 4) is 5.75 Å². The summed E-state index contributed by atoms with van der Waals surface area (Å²) in [5.74, 6) is 1.33. The summed E-state index contributed by atoms with van der Waals surface area (Å²) < 4.78 is 5.84. The highest BCUT2D eigenvalue weighted by molar-refractivity contribution is 6.32. The summed E-state index contributed by atoms with van der Waals surface area (Å²) >= 11 is 0. The average molecular weight is 370 g/mol. The van der Waals surface area contributed by atoms with Gasteiger partial charge < -0.3 is 10.5 Å². The molecule has 1 aliphatic rings. The lowest BCUT2D eigenvalue weighted by molar-refractivity contribution is 0.335. The third-order valence-electron chi connectivity index (χ3n) is 5.17. The molecule has 1 unspecified atom stereocenters. The molecule has 0 saturated heterocycles. The molecule has 0 saturated carbocycles. The molecular formula is C22H23BN4O. The second kappa shape index (κ2) is 6.78. The van der Waals surface area contributed by atoms with E-state index in [4.69, 9.17) is 15.5 Å². The van der Waals surface area contributed by atoms with E-state index in [2.05, 4.69) is 62.0 Å².